The third kappa shape index (κ3) is 3.09. The fourth-order valence-electron chi connectivity index (χ4n) is 3.46. The van der Waals surface area contributed by atoms with Crippen LogP contribution in [0.25, 0.3) is 11.2 Å². The lowest BCUT2D eigenvalue weighted by molar-refractivity contribution is -0.199. The van der Waals surface area contributed by atoms with Crippen LogP contribution in [-0.2, 0) is 19.0 Å². The van der Waals surface area contributed by atoms with Crippen molar-refractivity contribution in [3.63, 3.8) is 0 Å². The molecule has 4 heterocycles. The first-order chi connectivity index (χ1) is 13.2. The molecular weight excluding hydrogens is 370 g/mol. The Morgan fingerprint density at radius 3 is 2.79 bits per heavy atom. The fraction of sp³-hybridized carbons (Fsp3) is 0.647. The van der Waals surface area contributed by atoms with Gasteiger partial charge in [-0.05, 0) is 13.8 Å². The largest absolute Gasteiger partial charge is 0.394 e. The fourth-order valence-corrected chi connectivity index (χ4v) is 3.46. The van der Waals surface area contributed by atoms with Gasteiger partial charge in [0.1, 0.15) is 18.3 Å². The summed E-state index contributed by atoms with van der Waals surface area (Å²) in [6.07, 6.45) is -0.839. The zero-order valence-corrected chi connectivity index (χ0v) is 16.0. The number of aromatic amines is 1. The van der Waals surface area contributed by atoms with Crippen LogP contribution in [0.2, 0.25) is 0 Å². The Morgan fingerprint density at radius 2 is 2.11 bits per heavy atom. The number of hydrogen-bond donors (Lipinski definition) is 3. The van der Waals surface area contributed by atoms with Crippen molar-refractivity contribution in [2.24, 2.45) is 5.92 Å². The van der Waals surface area contributed by atoms with Gasteiger partial charge in [0.15, 0.2) is 23.2 Å². The lowest BCUT2D eigenvalue weighted by atomic mass is 10.1. The van der Waals surface area contributed by atoms with Gasteiger partial charge in [0.25, 0.3) is 5.56 Å². The number of anilines is 1. The Hall–Kier alpha value is -2.34. The lowest BCUT2D eigenvalue weighted by Crippen LogP contribution is -2.31. The average molecular weight is 393 g/mol. The average Bonchev–Trinajstić information content (AvgIpc) is 3.25. The smallest absolute Gasteiger partial charge is 0.280 e. The Morgan fingerprint density at radius 1 is 1.39 bits per heavy atom. The topological polar surface area (TPSA) is 141 Å². The van der Waals surface area contributed by atoms with Crippen molar-refractivity contribution in [2.75, 3.05) is 11.9 Å². The number of nitrogens with one attached hydrogen (secondary N) is 2. The molecule has 2 fully saturated rings. The second-order valence-electron chi connectivity index (χ2n) is 7.69. The monoisotopic (exact) mass is 393 g/mol. The zero-order valence-electron chi connectivity index (χ0n) is 16.0. The lowest BCUT2D eigenvalue weighted by Gasteiger charge is -2.24. The molecule has 4 rings (SSSR count). The summed E-state index contributed by atoms with van der Waals surface area (Å²) in [6.45, 7) is 6.79. The van der Waals surface area contributed by atoms with Crippen LogP contribution >= 0.6 is 0 Å². The van der Waals surface area contributed by atoms with E-state index in [0.717, 1.165) is 0 Å². The SMILES string of the molecule is CC(C)C(=O)Nc1nc2c(ncn2[C@@H]2O[C@@H](CO)[C@H]3OC(C)(C)O[C@@H]32)c(=O)[nH]1. The molecule has 4 atom stereocenters. The first kappa shape index (κ1) is 19.0. The Kier molecular flexibility index (Phi) is 4.49. The molecule has 3 N–H and O–H groups in total. The van der Waals surface area contributed by atoms with E-state index in [-0.39, 0.29) is 35.5 Å². The molecule has 2 saturated heterocycles. The molecule has 152 valence electrons. The maximum Gasteiger partial charge on any atom is 0.280 e. The summed E-state index contributed by atoms with van der Waals surface area (Å²) in [4.78, 5) is 35.3. The summed E-state index contributed by atoms with van der Waals surface area (Å²) in [7, 11) is 0. The Labute approximate surface area is 160 Å². The normalized spacial score (nSPS) is 28.8. The molecule has 0 radical (unpaired) electrons. The highest BCUT2D eigenvalue weighted by molar-refractivity contribution is 5.91. The molecule has 0 unspecified atom stereocenters. The van der Waals surface area contributed by atoms with Crippen molar-refractivity contribution in [2.45, 2.75) is 58.0 Å². The molecule has 11 heteroatoms. The first-order valence-electron chi connectivity index (χ1n) is 9.10. The number of nitrogens with zero attached hydrogens (tertiary/aromatic N) is 3. The molecule has 0 bridgehead atoms. The number of imidazole rings is 1. The van der Waals surface area contributed by atoms with Gasteiger partial charge < -0.3 is 19.3 Å². The van der Waals surface area contributed by atoms with Gasteiger partial charge in [-0.1, -0.05) is 13.8 Å². The van der Waals surface area contributed by atoms with Gasteiger partial charge in [-0.3, -0.25) is 24.5 Å². The van der Waals surface area contributed by atoms with Gasteiger partial charge >= 0.3 is 0 Å². The number of ether oxygens (including phenoxy) is 3. The molecule has 0 aromatic carbocycles. The van der Waals surface area contributed by atoms with E-state index < -0.39 is 35.9 Å². The minimum absolute atomic E-state index is 0.0233. The number of hydrogen-bond acceptors (Lipinski definition) is 8. The maximum absolute atomic E-state index is 12.4. The summed E-state index contributed by atoms with van der Waals surface area (Å²) in [5, 5.41) is 12.2. The van der Waals surface area contributed by atoms with E-state index in [1.807, 2.05) is 0 Å². The predicted octanol–water partition coefficient (Wildman–Crippen LogP) is 0.124. The number of H-pyrrole nitrogens is 1. The molecule has 0 saturated carbocycles. The van der Waals surface area contributed by atoms with Crippen LogP contribution in [0.3, 0.4) is 0 Å². The van der Waals surface area contributed by atoms with Crippen molar-refractivity contribution >= 4 is 23.0 Å². The highest BCUT2D eigenvalue weighted by Gasteiger charge is 2.56. The van der Waals surface area contributed by atoms with Crippen LogP contribution < -0.4 is 10.9 Å². The number of amides is 1. The van der Waals surface area contributed by atoms with Gasteiger partial charge in [0.2, 0.25) is 11.9 Å². The number of carbonyl (C=O) groups excluding carboxylic acids is 1. The van der Waals surface area contributed by atoms with E-state index in [0.29, 0.717) is 0 Å². The van der Waals surface area contributed by atoms with E-state index in [4.69, 9.17) is 14.2 Å². The summed E-state index contributed by atoms with van der Waals surface area (Å²) >= 11 is 0. The van der Waals surface area contributed by atoms with Crippen molar-refractivity contribution in [1.82, 2.24) is 19.5 Å². The molecule has 28 heavy (non-hydrogen) atoms. The zero-order chi connectivity index (χ0) is 20.2. The number of rotatable bonds is 4. The number of carbonyl (C=O) groups is 1. The molecule has 2 aliphatic heterocycles. The number of aliphatic hydroxyl groups excluding tert-OH is 1. The molecule has 0 aliphatic carbocycles. The van der Waals surface area contributed by atoms with Crippen LogP contribution in [0.4, 0.5) is 5.95 Å². The molecule has 2 aromatic rings. The second-order valence-corrected chi connectivity index (χ2v) is 7.69. The minimum atomic E-state index is -0.831. The number of fused-ring (bicyclic) bond motifs is 2. The molecule has 2 aliphatic rings. The predicted molar refractivity (Wildman–Crippen MR) is 96.4 cm³/mol. The summed E-state index contributed by atoms with van der Waals surface area (Å²) < 4.78 is 19.3. The first-order valence-corrected chi connectivity index (χ1v) is 9.10. The number of aliphatic hydroxyl groups is 1. The molecule has 1 amide bonds. The van der Waals surface area contributed by atoms with Crippen molar-refractivity contribution < 1.29 is 24.1 Å². The molecule has 2 aromatic heterocycles. The van der Waals surface area contributed by atoms with Crippen LogP contribution in [-0.4, -0.2) is 61.2 Å². The van der Waals surface area contributed by atoms with Crippen LogP contribution in [0, 0.1) is 5.92 Å². The van der Waals surface area contributed by atoms with Gasteiger partial charge in [-0.2, -0.15) is 4.98 Å². The van der Waals surface area contributed by atoms with Crippen LogP contribution in [0.15, 0.2) is 11.1 Å². The third-order valence-corrected chi connectivity index (χ3v) is 4.78. The van der Waals surface area contributed by atoms with Crippen LogP contribution in [0.1, 0.15) is 33.9 Å². The van der Waals surface area contributed by atoms with Crippen molar-refractivity contribution in [3.8, 4) is 0 Å². The molecular formula is C17H23N5O6. The highest BCUT2D eigenvalue weighted by Crippen LogP contribution is 2.43. The molecule has 11 nitrogen and oxygen atoms in total. The minimum Gasteiger partial charge on any atom is -0.394 e. The van der Waals surface area contributed by atoms with Gasteiger partial charge in [0.05, 0.1) is 12.9 Å². The van der Waals surface area contributed by atoms with Gasteiger partial charge in [0, 0.05) is 5.92 Å². The van der Waals surface area contributed by atoms with Crippen molar-refractivity contribution in [1.29, 1.82) is 0 Å². The Bertz CT molecular complexity index is 967. The summed E-state index contributed by atoms with van der Waals surface area (Å²) in [5.74, 6) is -1.36. The molecule has 0 spiro atoms. The van der Waals surface area contributed by atoms with Crippen molar-refractivity contribution in [3.05, 3.63) is 16.7 Å². The quantitative estimate of drug-likeness (QED) is 0.665. The van der Waals surface area contributed by atoms with E-state index in [2.05, 4.69) is 20.3 Å². The van der Waals surface area contributed by atoms with Gasteiger partial charge in [-0.25, -0.2) is 4.98 Å². The standard InChI is InChI=1S/C17H23N5O6/c1-7(2)13(24)20-16-19-12-9(14(25)21-16)18-6-22(12)15-11-10(8(5-23)26-15)27-17(3,4)28-11/h6-8,10-11,15,23H,5H2,1-4H3,(H2,19,20,21,24,25)/t8-,10+,11-,15+/m0/s1. The van der Waals surface area contributed by atoms with E-state index >= 15 is 0 Å². The Balaban J connectivity index is 1.74. The van der Waals surface area contributed by atoms with E-state index in [1.54, 1.807) is 32.3 Å². The number of aromatic nitrogens is 4. The van der Waals surface area contributed by atoms with Gasteiger partial charge in [-0.15, -0.1) is 0 Å². The van der Waals surface area contributed by atoms with E-state index in [1.165, 1.54) is 6.33 Å². The summed E-state index contributed by atoms with van der Waals surface area (Å²) in [6, 6.07) is 0. The summed E-state index contributed by atoms with van der Waals surface area (Å²) in [5.41, 5.74) is -0.147. The second kappa shape index (κ2) is 6.62. The highest BCUT2D eigenvalue weighted by atomic mass is 16.8. The third-order valence-electron chi connectivity index (χ3n) is 4.78. The maximum atomic E-state index is 12.4. The van der Waals surface area contributed by atoms with E-state index in [9.17, 15) is 14.7 Å². The van der Waals surface area contributed by atoms with Crippen LogP contribution in [0.5, 0.6) is 0 Å².